The van der Waals surface area contributed by atoms with Gasteiger partial charge in [0.25, 0.3) is 0 Å². The van der Waals surface area contributed by atoms with E-state index in [2.05, 4.69) is 112 Å². The van der Waals surface area contributed by atoms with Gasteiger partial charge >= 0.3 is 0 Å². The Balaban J connectivity index is 0.000000156. The van der Waals surface area contributed by atoms with Crippen molar-refractivity contribution < 1.29 is 0 Å². The molecule has 1 atom stereocenters. The molecule has 1 unspecified atom stereocenters. The molecule has 3 heteroatoms. The fraction of sp³-hybridized carbons (Fsp3) is 0.0400. The molecule has 5 rings (SSSR count). The summed E-state index contributed by atoms with van der Waals surface area (Å²) < 4.78 is 0. The minimum absolute atomic E-state index is 0. The van der Waals surface area contributed by atoms with Gasteiger partial charge in [-0.2, -0.15) is 0 Å². The molecule has 0 bridgehead atoms. The van der Waals surface area contributed by atoms with Crippen molar-refractivity contribution in [3.8, 4) is 11.1 Å². The van der Waals surface area contributed by atoms with Crippen molar-refractivity contribution in [1.29, 1.82) is 0 Å². The summed E-state index contributed by atoms with van der Waals surface area (Å²) in [6.45, 7) is 0. The number of rotatable bonds is 2. The lowest BCUT2D eigenvalue weighted by Crippen LogP contribution is -2.01. The highest BCUT2D eigenvalue weighted by atomic mass is 31.1. The van der Waals surface area contributed by atoms with Crippen molar-refractivity contribution in [2.75, 3.05) is 0 Å². The minimum Gasteiger partial charge on any atom is -0.344 e. The summed E-state index contributed by atoms with van der Waals surface area (Å²) in [6, 6.07) is 36.3. The zero-order valence-corrected chi connectivity index (χ0v) is 18.0. The summed E-state index contributed by atoms with van der Waals surface area (Å²) in [5.74, 6) is 0. The van der Waals surface area contributed by atoms with Gasteiger partial charge in [0.05, 0.1) is 0 Å². The summed E-state index contributed by atoms with van der Waals surface area (Å²) in [7, 11) is 3.60. The van der Waals surface area contributed by atoms with Crippen LogP contribution in [0.5, 0.6) is 0 Å². The zero-order valence-electron chi connectivity index (χ0n) is 15.8. The molecule has 28 heavy (non-hydrogen) atoms. The maximum absolute atomic E-state index is 2.82. The highest BCUT2D eigenvalue weighted by Crippen LogP contribution is 2.35. The normalized spacial score (nSPS) is 10.8. The van der Waals surface area contributed by atoms with E-state index in [1.165, 1.54) is 38.2 Å². The smallest absolute Gasteiger partial charge is 0.000730 e. The monoisotopic (exact) mass is 401 g/mol. The molecular weight excluding hydrogens is 376 g/mol. The van der Waals surface area contributed by atoms with Crippen molar-refractivity contribution in [2.45, 2.75) is 6.42 Å². The zero-order chi connectivity index (χ0) is 18.5. The molecule has 0 heterocycles. The first kappa shape index (κ1) is 20.4. The Kier molecular flexibility index (Phi) is 7.12. The van der Waals surface area contributed by atoms with Crippen LogP contribution in [0.4, 0.5) is 0 Å². The van der Waals surface area contributed by atoms with Gasteiger partial charge in [-0.25, -0.2) is 0 Å². The second-order valence-corrected chi connectivity index (χ2v) is 8.59. The topological polar surface area (TPSA) is 35.0 Å². The standard InChI is InChI=1S/C13H11P.C12H11P.H3N/c14-13-7-3-6-11-10-5-2-1-4-9(10)8-12(11)13;1-3-7-11(8-4-1)13-12-9-5-2-6-10-12;/h1-7H,8,14H2;1-10,13H;1H3. The molecule has 3 N–H and O–H groups in total. The molecule has 0 saturated heterocycles. The quantitative estimate of drug-likeness (QED) is 0.404. The van der Waals surface area contributed by atoms with Gasteiger partial charge in [-0.15, -0.1) is 9.24 Å². The van der Waals surface area contributed by atoms with Crippen LogP contribution < -0.4 is 22.1 Å². The van der Waals surface area contributed by atoms with Crippen LogP contribution in [0.1, 0.15) is 11.1 Å². The molecule has 1 aliphatic carbocycles. The van der Waals surface area contributed by atoms with E-state index in [0.717, 1.165) is 15.0 Å². The number of benzene rings is 4. The van der Waals surface area contributed by atoms with Crippen LogP contribution in [0.3, 0.4) is 0 Å². The second-order valence-electron chi connectivity index (χ2n) is 6.56. The molecule has 0 saturated carbocycles. The largest absolute Gasteiger partial charge is 0.344 e. The van der Waals surface area contributed by atoms with Crippen LogP contribution in [0.25, 0.3) is 11.1 Å². The lowest BCUT2D eigenvalue weighted by Gasteiger charge is -2.02. The third-order valence-corrected chi connectivity index (χ3v) is 6.51. The summed E-state index contributed by atoms with van der Waals surface area (Å²) in [4.78, 5) is 0. The number of hydrogen-bond donors (Lipinski definition) is 1. The van der Waals surface area contributed by atoms with Gasteiger partial charge in [0.15, 0.2) is 0 Å². The summed E-state index contributed by atoms with van der Waals surface area (Å²) in [5.41, 5.74) is 5.75. The van der Waals surface area contributed by atoms with Crippen molar-refractivity contribution in [3.05, 3.63) is 114 Å². The van der Waals surface area contributed by atoms with Gasteiger partial charge in [-0.05, 0) is 44.6 Å². The molecule has 0 aromatic heterocycles. The van der Waals surface area contributed by atoms with Gasteiger partial charge in [-0.3, -0.25) is 0 Å². The van der Waals surface area contributed by atoms with Crippen LogP contribution in [0.2, 0.25) is 0 Å². The fourth-order valence-electron chi connectivity index (χ4n) is 3.39. The predicted octanol–water partition coefficient (Wildman–Crippen LogP) is 5.24. The molecule has 0 amide bonds. The van der Waals surface area contributed by atoms with Crippen molar-refractivity contribution in [1.82, 2.24) is 6.15 Å². The Morgan fingerprint density at radius 1 is 0.571 bits per heavy atom. The first-order chi connectivity index (χ1) is 13.3. The molecule has 0 fully saturated rings. The van der Waals surface area contributed by atoms with E-state index in [0.29, 0.717) is 0 Å². The first-order valence-electron chi connectivity index (χ1n) is 9.14. The molecule has 1 nitrogen and oxygen atoms in total. The summed E-state index contributed by atoms with van der Waals surface area (Å²) >= 11 is 0. The van der Waals surface area contributed by atoms with Gasteiger partial charge in [0.2, 0.25) is 0 Å². The molecule has 0 spiro atoms. The highest BCUT2D eigenvalue weighted by molar-refractivity contribution is 7.55. The Hall–Kier alpha value is -2.30. The van der Waals surface area contributed by atoms with Gasteiger partial charge in [-0.1, -0.05) is 112 Å². The van der Waals surface area contributed by atoms with E-state index in [9.17, 15) is 0 Å². The fourth-order valence-corrected chi connectivity index (χ4v) is 4.81. The van der Waals surface area contributed by atoms with Crippen LogP contribution in [0.15, 0.2) is 103 Å². The third-order valence-electron chi connectivity index (χ3n) is 4.72. The molecule has 4 aromatic carbocycles. The van der Waals surface area contributed by atoms with Gasteiger partial charge in [0.1, 0.15) is 0 Å². The average Bonchev–Trinajstić information content (AvgIpc) is 3.11. The van der Waals surface area contributed by atoms with E-state index < -0.39 is 0 Å². The Bertz CT molecular complexity index is 993. The molecule has 1 aliphatic rings. The van der Waals surface area contributed by atoms with Crippen LogP contribution in [-0.4, -0.2) is 0 Å². The van der Waals surface area contributed by atoms with Crippen LogP contribution in [-0.2, 0) is 6.42 Å². The van der Waals surface area contributed by atoms with E-state index in [1.807, 2.05) is 0 Å². The lowest BCUT2D eigenvalue weighted by atomic mass is 10.1. The van der Waals surface area contributed by atoms with E-state index in [-0.39, 0.29) is 6.15 Å². The van der Waals surface area contributed by atoms with Gasteiger partial charge < -0.3 is 6.15 Å². The van der Waals surface area contributed by atoms with Crippen molar-refractivity contribution in [2.24, 2.45) is 0 Å². The summed E-state index contributed by atoms with van der Waals surface area (Å²) in [6.07, 6.45) is 1.09. The Labute approximate surface area is 171 Å². The molecule has 0 aliphatic heterocycles. The SMILES string of the molecule is N.Pc1cccc2c1Cc1ccccc1-2.c1ccc(Pc2ccccc2)cc1. The van der Waals surface area contributed by atoms with E-state index in [4.69, 9.17) is 0 Å². The second kappa shape index (κ2) is 9.76. The maximum atomic E-state index is 2.82. The number of fused-ring (bicyclic) bond motifs is 3. The molecule has 140 valence electrons. The Morgan fingerprint density at radius 3 is 1.75 bits per heavy atom. The highest BCUT2D eigenvalue weighted by Gasteiger charge is 2.18. The number of hydrogen-bond acceptors (Lipinski definition) is 1. The van der Waals surface area contributed by atoms with E-state index in [1.54, 1.807) is 0 Å². The van der Waals surface area contributed by atoms with Crippen LogP contribution in [0, 0.1) is 0 Å². The maximum Gasteiger partial charge on any atom is -0.000730 e. The molecular formula is C25H25NP2. The molecule has 4 aromatic rings. The van der Waals surface area contributed by atoms with Crippen molar-refractivity contribution in [3.63, 3.8) is 0 Å². The summed E-state index contributed by atoms with van der Waals surface area (Å²) in [5, 5.41) is 4.13. The molecule has 0 radical (unpaired) electrons. The Morgan fingerprint density at radius 2 is 1.11 bits per heavy atom. The average molecular weight is 401 g/mol. The lowest BCUT2D eigenvalue weighted by molar-refractivity contribution is 1.28. The minimum atomic E-state index is 0. The third kappa shape index (κ3) is 4.75. The van der Waals surface area contributed by atoms with Gasteiger partial charge in [0, 0.05) is 0 Å². The van der Waals surface area contributed by atoms with Crippen molar-refractivity contribution >= 4 is 33.7 Å². The van der Waals surface area contributed by atoms with E-state index >= 15 is 0 Å². The predicted molar refractivity (Wildman–Crippen MR) is 130 cm³/mol. The van der Waals surface area contributed by atoms with Crippen LogP contribution >= 0.6 is 17.8 Å². The first-order valence-corrected chi connectivity index (χ1v) is 10.7.